The number of hydrogen-bond acceptors (Lipinski definition) is 4. The monoisotopic (exact) mass is 388 g/mol. The first-order valence-electron chi connectivity index (χ1n) is 9.76. The number of ether oxygens (including phenoxy) is 1. The van der Waals surface area contributed by atoms with Crippen LogP contribution in [0.4, 0.5) is 22.0 Å². The molecule has 2 aromatic carbocycles. The Labute approximate surface area is 170 Å². The number of anilines is 3. The highest BCUT2D eigenvalue weighted by molar-refractivity contribution is 6.00. The van der Waals surface area contributed by atoms with Gasteiger partial charge in [-0.25, -0.2) is 9.78 Å². The van der Waals surface area contributed by atoms with Crippen LogP contribution in [0.5, 0.6) is 5.75 Å². The van der Waals surface area contributed by atoms with Crippen molar-refractivity contribution in [1.29, 1.82) is 0 Å². The third-order valence-electron chi connectivity index (χ3n) is 4.91. The average Bonchev–Trinajstić information content (AvgIpc) is 3.29. The van der Waals surface area contributed by atoms with Gasteiger partial charge in [-0.2, -0.15) is 0 Å². The molecule has 0 unspecified atom stereocenters. The zero-order valence-corrected chi connectivity index (χ0v) is 16.4. The van der Waals surface area contributed by atoms with Gasteiger partial charge in [0.2, 0.25) is 0 Å². The lowest BCUT2D eigenvalue weighted by molar-refractivity contribution is 0.262. The van der Waals surface area contributed by atoms with E-state index in [0.717, 1.165) is 30.2 Å². The number of benzene rings is 2. The first-order chi connectivity index (χ1) is 14.2. The van der Waals surface area contributed by atoms with Crippen molar-refractivity contribution in [3.63, 3.8) is 0 Å². The van der Waals surface area contributed by atoms with Gasteiger partial charge >= 0.3 is 6.03 Å². The Balaban J connectivity index is 1.47. The molecule has 2 N–H and O–H groups in total. The number of urea groups is 1. The third kappa shape index (κ3) is 4.66. The number of carbonyl (C=O) groups excluding carboxylic acids is 1. The minimum absolute atomic E-state index is 0.311. The standard InChI is InChI=1S/C23H24N4O2/c1-29-20-10-5-9-19(16-20)25-23(28)24-18-8-4-7-17(15-18)21-11-6-12-22(26-21)27-13-2-3-14-27/h4-12,15-16H,2-3,13-14H2,1H3,(H2,24,25,28). The second kappa shape index (κ2) is 8.65. The number of hydrogen-bond donors (Lipinski definition) is 2. The van der Waals surface area contributed by atoms with Gasteiger partial charge in [-0.1, -0.05) is 24.3 Å². The normalized spacial score (nSPS) is 13.2. The van der Waals surface area contributed by atoms with Gasteiger partial charge in [-0.15, -0.1) is 0 Å². The summed E-state index contributed by atoms with van der Waals surface area (Å²) in [5.41, 5.74) is 3.23. The predicted molar refractivity (Wildman–Crippen MR) is 117 cm³/mol. The summed E-state index contributed by atoms with van der Waals surface area (Å²) in [5, 5.41) is 5.70. The molecule has 1 aliphatic rings. The average molecular weight is 388 g/mol. The van der Waals surface area contributed by atoms with E-state index >= 15 is 0 Å². The van der Waals surface area contributed by atoms with Gasteiger partial charge in [0, 0.05) is 36.1 Å². The molecule has 1 saturated heterocycles. The fraction of sp³-hybridized carbons (Fsp3) is 0.217. The Morgan fingerprint density at radius 1 is 0.931 bits per heavy atom. The van der Waals surface area contributed by atoms with E-state index in [1.807, 2.05) is 54.6 Å². The largest absolute Gasteiger partial charge is 0.497 e. The molecule has 0 aliphatic carbocycles. The van der Waals surface area contributed by atoms with Crippen molar-refractivity contribution < 1.29 is 9.53 Å². The molecule has 1 aromatic heterocycles. The van der Waals surface area contributed by atoms with Crippen molar-refractivity contribution >= 4 is 23.2 Å². The first kappa shape index (κ1) is 18.8. The smallest absolute Gasteiger partial charge is 0.323 e. The molecule has 29 heavy (non-hydrogen) atoms. The van der Waals surface area contributed by atoms with Crippen LogP contribution in [-0.2, 0) is 0 Å². The number of carbonyl (C=O) groups is 1. The van der Waals surface area contributed by atoms with E-state index in [4.69, 9.17) is 9.72 Å². The topological polar surface area (TPSA) is 66.5 Å². The Bertz CT molecular complexity index is 999. The van der Waals surface area contributed by atoms with E-state index in [0.29, 0.717) is 17.1 Å². The van der Waals surface area contributed by atoms with Crippen LogP contribution >= 0.6 is 0 Å². The summed E-state index contributed by atoms with van der Waals surface area (Å²) in [4.78, 5) is 19.5. The van der Waals surface area contributed by atoms with E-state index < -0.39 is 0 Å². The number of aromatic nitrogens is 1. The maximum Gasteiger partial charge on any atom is 0.323 e. The summed E-state index contributed by atoms with van der Waals surface area (Å²) in [6.07, 6.45) is 2.43. The number of amides is 2. The molecule has 6 heteroatoms. The molecule has 4 rings (SSSR count). The van der Waals surface area contributed by atoms with Crippen molar-refractivity contribution in [2.75, 3.05) is 35.7 Å². The lowest BCUT2D eigenvalue weighted by Crippen LogP contribution is -2.19. The molecular weight excluding hydrogens is 364 g/mol. The molecule has 2 amide bonds. The van der Waals surface area contributed by atoms with Crippen molar-refractivity contribution in [3.05, 3.63) is 66.7 Å². The SMILES string of the molecule is COc1cccc(NC(=O)Nc2cccc(-c3cccc(N4CCCC4)n3)c2)c1. The van der Waals surface area contributed by atoms with Gasteiger partial charge < -0.3 is 20.3 Å². The maximum atomic E-state index is 12.4. The van der Waals surface area contributed by atoms with Crippen molar-refractivity contribution in [2.24, 2.45) is 0 Å². The number of pyridine rings is 1. The molecular formula is C23H24N4O2. The molecule has 6 nitrogen and oxygen atoms in total. The van der Waals surface area contributed by atoms with Gasteiger partial charge in [-0.05, 0) is 49.2 Å². The zero-order chi connectivity index (χ0) is 20.1. The van der Waals surface area contributed by atoms with Crippen LogP contribution in [0.3, 0.4) is 0 Å². The summed E-state index contributed by atoms with van der Waals surface area (Å²) < 4.78 is 5.18. The molecule has 0 saturated carbocycles. The number of rotatable bonds is 5. The van der Waals surface area contributed by atoms with E-state index in [-0.39, 0.29) is 6.03 Å². The van der Waals surface area contributed by atoms with Crippen LogP contribution in [0, 0.1) is 0 Å². The highest BCUT2D eigenvalue weighted by Crippen LogP contribution is 2.25. The van der Waals surface area contributed by atoms with Crippen LogP contribution in [0.25, 0.3) is 11.3 Å². The van der Waals surface area contributed by atoms with Crippen molar-refractivity contribution in [3.8, 4) is 17.0 Å². The summed E-state index contributed by atoms with van der Waals surface area (Å²) in [5.74, 6) is 1.70. The summed E-state index contributed by atoms with van der Waals surface area (Å²) in [7, 11) is 1.59. The molecule has 0 bridgehead atoms. The molecule has 3 aromatic rings. The minimum Gasteiger partial charge on any atom is -0.497 e. The van der Waals surface area contributed by atoms with Crippen molar-refractivity contribution in [1.82, 2.24) is 4.98 Å². The van der Waals surface area contributed by atoms with E-state index in [1.165, 1.54) is 12.8 Å². The van der Waals surface area contributed by atoms with Gasteiger partial charge in [-0.3, -0.25) is 0 Å². The molecule has 0 atom stereocenters. The number of nitrogens with one attached hydrogen (secondary N) is 2. The van der Waals surface area contributed by atoms with E-state index in [2.05, 4.69) is 21.6 Å². The molecule has 1 fully saturated rings. The molecule has 148 valence electrons. The Morgan fingerprint density at radius 2 is 1.62 bits per heavy atom. The van der Waals surface area contributed by atoms with Crippen LogP contribution in [0.1, 0.15) is 12.8 Å². The first-order valence-corrected chi connectivity index (χ1v) is 9.76. The summed E-state index contributed by atoms with van der Waals surface area (Å²) >= 11 is 0. The Hall–Kier alpha value is -3.54. The summed E-state index contributed by atoms with van der Waals surface area (Å²) in [6, 6.07) is 20.7. The second-order valence-electron chi connectivity index (χ2n) is 6.97. The fourth-order valence-electron chi connectivity index (χ4n) is 3.46. The van der Waals surface area contributed by atoms with Gasteiger partial charge in [0.1, 0.15) is 11.6 Å². The molecule has 0 radical (unpaired) electrons. The van der Waals surface area contributed by atoms with E-state index in [9.17, 15) is 4.79 Å². The number of nitrogens with zero attached hydrogens (tertiary/aromatic N) is 2. The lowest BCUT2D eigenvalue weighted by atomic mass is 10.1. The molecule has 2 heterocycles. The second-order valence-corrected chi connectivity index (χ2v) is 6.97. The molecule has 1 aliphatic heterocycles. The maximum absolute atomic E-state index is 12.4. The third-order valence-corrected chi connectivity index (χ3v) is 4.91. The predicted octanol–water partition coefficient (Wildman–Crippen LogP) is 5.00. The van der Waals surface area contributed by atoms with Gasteiger partial charge in [0.05, 0.1) is 12.8 Å². The van der Waals surface area contributed by atoms with Crippen molar-refractivity contribution in [2.45, 2.75) is 12.8 Å². The van der Waals surface area contributed by atoms with Crippen LogP contribution in [0.2, 0.25) is 0 Å². The summed E-state index contributed by atoms with van der Waals surface area (Å²) in [6.45, 7) is 2.12. The zero-order valence-electron chi connectivity index (χ0n) is 16.4. The number of methoxy groups -OCH3 is 1. The Morgan fingerprint density at radius 3 is 2.38 bits per heavy atom. The lowest BCUT2D eigenvalue weighted by Gasteiger charge is -2.17. The van der Waals surface area contributed by atoms with Gasteiger partial charge in [0.25, 0.3) is 0 Å². The highest BCUT2D eigenvalue weighted by Gasteiger charge is 2.14. The van der Waals surface area contributed by atoms with Gasteiger partial charge in [0.15, 0.2) is 0 Å². The quantitative estimate of drug-likeness (QED) is 0.645. The minimum atomic E-state index is -0.311. The van der Waals surface area contributed by atoms with Crippen LogP contribution in [-0.4, -0.2) is 31.2 Å². The van der Waals surface area contributed by atoms with Crippen LogP contribution < -0.4 is 20.3 Å². The highest BCUT2D eigenvalue weighted by atomic mass is 16.5. The Kier molecular flexibility index (Phi) is 5.61. The van der Waals surface area contributed by atoms with E-state index in [1.54, 1.807) is 13.2 Å². The fourth-order valence-corrected chi connectivity index (χ4v) is 3.46. The van der Waals surface area contributed by atoms with Crippen LogP contribution in [0.15, 0.2) is 66.7 Å². The molecule has 0 spiro atoms.